The van der Waals surface area contributed by atoms with Gasteiger partial charge in [0, 0.05) is 24.5 Å². The summed E-state index contributed by atoms with van der Waals surface area (Å²) in [5.74, 6) is 0.938. The standard InChI is InChI=1S/C14H16N6O/c1-10(2)13-18-17-12-4-3-11(7-20(12)13)14(21)16-9-19-6-5-15-8-19/h3-8,10H,9H2,1-2H3,(H,16,21). The van der Waals surface area contributed by atoms with Crippen molar-refractivity contribution >= 4 is 11.6 Å². The molecular weight excluding hydrogens is 268 g/mol. The number of fused-ring (bicyclic) bond motifs is 1. The minimum atomic E-state index is -0.144. The highest BCUT2D eigenvalue weighted by Gasteiger charge is 2.12. The number of rotatable bonds is 4. The van der Waals surface area contributed by atoms with Crippen molar-refractivity contribution in [2.45, 2.75) is 26.4 Å². The van der Waals surface area contributed by atoms with Gasteiger partial charge in [0.15, 0.2) is 5.65 Å². The first-order valence-corrected chi connectivity index (χ1v) is 6.74. The van der Waals surface area contributed by atoms with E-state index in [2.05, 4.69) is 20.5 Å². The van der Waals surface area contributed by atoms with E-state index in [1.54, 1.807) is 41.6 Å². The molecule has 0 aliphatic carbocycles. The maximum absolute atomic E-state index is 12.2. The molecule has 0 unspecified atom stereocenters. The van der Waals surface area contributed by atoms with Crippen LogP contribution in [0, 0.1) is 0 Å². The molecule has 3 rings (SSSR count). The Morgan fingerprint density at radius 3 is 2.90 bits per heavy atom. The van der Waals surface area contributed by atoms with Gasteiger partial charge in [0.2, 0.25) is 0 Å². The maximum atomic E-state index is 12.2. The molecule has 0 spiro atoms. The molecule has 0 atom stereocenters. The zero-order valence-electron chi connectivity index (χ0n) is 11.9. The van der Waals surface area contributed by atoms with Gasteiger partial charge in [-0.25, -0.2) is 4.98 Å². The Hall–Kier alpha value is -2.70. The van der Waals surface area contributed by atoms with E-state index in [1.165, 1.54) is 0 Å². The lowest BCUT2D eigenvalue weighted by atomic mass is 10.2. The molecule has 7 heteroatoms. The first-order valence-electron chi connectivity index (χ1n) is 6.74. The maximum Gasteiger partial charge on any atom is 0.254 e. The molecule has 0 aromatic carbocycles. The van der Waals surface area contributed by atoms with E-state index in [9.17, 15) is 4.79 Å². The quantitative estimate of drug-likeness (QED) is 0.786. The summed E-state index contributed by atoms with van der Waals surface area (Å²) in [5, 5.41) is 11.1. The monoisotopic (exact) mass is 284 g/mol. The summed E-state index contributed by atoms with van der Waals surface area (Å²) < 4.78 is 3.64. The first kappa shape index (κ1) is 13.3. The lowest BCUT2D eigenvalue weighted by Gasteiger charge is -2.07. The topological polar surface area (TPSA) is 77.1 Å². The zero-order valence-corrected chi connectivity index (χ0v) is 11.9. The second kappa shape index (κ2) is 5.35. The molecule has 3 aromatic heterocycles. The Morgan fingerprint density at radius 1 is 1.33 bits per heavy atom. The van der Waals surface area contributed by atoms with Crippen molar-refractivity contribution in [2.75, 3.05) is 0 Å². The highest BCUT2D eigenvalue weighted by atomic mass is 16.1. The van der Waals surface area contributed by atoms with Crippen molar-refractivity contribution in [1.82, 2.24) is 29.5 Å². The first-order chi connectivity index (χ1) is 10.1. The van der Waals surface area contributed by atoms with Crippen LogP contribution in [0.4, 0.5) is 0 Å². The lowest BCUT2D eigenvalue weighted by Crippen LogP contribution is -2.25. The number of nitrogens with one attached hydrogen (secondary N) is 1. The van der Waals surface area contributed by atoms with E-state index in [1.807, 2.05) is 18.2 Å². The smallest absolute Gasteiger partial charge is 0.254 e. The Morgan fingerprint density at radius 2 is 2.19 bits per heavy atom. The molecule has 0 fully saturated rings. The van der Waals surface area contributed by atoms with Crippen LogP contribution in [0.25, 0.3) is 5.65 Å². The third-order valence-corrected chi connectivity index (χ3v) is 3.19. The van der Waals surface area contributed by atoms with Gasteiger partial charge in [-0.3, -0.25) is 9.20 Å². The van der Waals surface area contributed by atoms with Crippen LogP contribution >= 0.6 is 0 Å². The number of imidazole rings is 1. The lowest BCUT2D eigenvalue weighted by molar-refractivity contribution is 0.0941. The molecule has 7 nitrogen and oxygen atoms in total. The van der Waals surface area contributed by atoms with Crippen LogP contribution in [0.1, 0.15) is 35.9 Å². The number of carbonyl (C=O) groups is 1. The largest absolute Gasteiger partial charge is 0.334 e. The van der Waals surface area contributed by atoms with Crippen LogP contribution in [-0.4, -0.2) is 30.1 Å². The number of carbonyl (C=O) groups excluding carboxylic acids is 1. The molecule has 3 heterocycles. The van der Waals surface area contributed by atoms with Crippen molar-refractivity contribution in [1.29, 1.82) is 0 Å². The van der Waals surface area contributed by atoms with Crippen LogP contribution in [-0.2, 0) is 6.67 Å². The van der Waals surface area contributed by atoms with Crippen LogP contribution < -0.4 is 5.32 Å². The predicted octanol–water partition coefficient (Wildman–Crippen LogP) is 1.44. The molecule has 0 aliphatic rings. The van der Waals surface area contributed by atoms with Crippen molar-refractivity contribution in [2.24, 2.45) is 0 Å². The van der Waals surface area contributed by atoms with E-state index in [0.717, 1.165) is 11.5 Å². The molecule has 0 aliphatic heterocycles. The summed E-state index contributed by atoms with van der Waals surface area (Å²) in [5.41, 5.74) is 1.31. The van der Waals surface area contributed by atoms with Gasteiger partial charge in [-0.2, -0.15) is 0 Å². The predicted molar refractivity (Wildman–Crippen MR) is 76.8 cm³/mol. The van der Waals surface area contributed by atoms with Crippen LogP contribution in [0.5, 0.6) is 0 Å². The van der Waals surface area contributed by atoms with Gasteiger partial charge in [0.25, 0.3) is 5.91 Å². The van der Waals surface area contributed by atoms with Gasteiger partial charge in [-0.15, -0.1) is 10.2 Å². The van der Waals surface area contributed by atoms with Gasteiger partial charge in [0.05, 0.1) is 18.6 Å². The van der Waals surface area contributed by atoms with E-state index < -0.39 is 0 Å². The third kappa shape index (κ3) is 2.62. The number of amides is 1. The molecule has 1 N–H and O–H groups in total. The van der Waals surface area contributed by atoms with Gasteiger partial charge in [-0.05, 0) is 12.1 Å². The van der Waals surface area contributed by atoms with Crippen molar-refractivity contribution in [3.63, 3.8) is 0 Å². The SMILES string of the molecule is CC(C)c1nnc2ccc(C(=O)NCn3ccnc3)cn12. The third-order valence-electron chi connectivity index (χ3n) is 3.19. The van der Waals surface area contributed by atoms with Gasteiger partial charge in [0.1, 0.15) is 5.82 Å². The molecule has 21 heavy (non-hydrogen) atoms. The summed E-state index contributed by atoms with van der Waals surface area (Å²) in [4.78, 5) is 16.1. The number of hydrogen-bond acceptors (Lipinski definition) is 4. The van der Waals surface area contributed by atoms with E-state index in [0.29, 0.717) is 12.2 Å². The Kier molecular flexibility index (Phi) is 3.39. The van der Waals surface area contributed by atoms with E-state index in [4.69, 9.17) is 0 Å². The number of pyridine rings is 1. The van der Waals surface area contributed by atoms with Crippen molar-refractivity contribution in [3.05, 3.63) is 48.4 Å². The summed E-state index contributed by atoms with van der Waals surface area (Å²) in [7, 11) is 0. The molecule has 108 valence electrons. The van der Waals surface area contributed by atoms with Gasteiger partial charge >= 0.3 is 0 Å². The highest BCUT2D eigenvalue weighted by Crippen LogP contribution is 2.14. The molecular formula is C14H16N6O. The fourth-order valence-electron chi connectivity index (χ4n) is 2.08. The van der Waals surface area contributed by atoms with Crippen LogP contribution in [0.2, 0.25) is 0 Å². The van der Waals surface area contributed by atoms with Crippen molar-refractivity contribution in [3.8, 4) is 0 Å². The van der Waals surface area contributed by atoms with Gasteiger partial charge in [-0.1, -0.05) is 13.8 Å². The summed E-state index contributed by atoms with van der Waals surface area (Å²) in [6.45, 7) is 4.47. The molecule has 0 saturated carbocycles. The molecule has 0 saturated heterocycles. The number of nitrogens with zero attached hydrogens (tertiary/aromatic N) is 5. The van der Waals surface area contributed by atoms with E-state index in [-0.39, 0.29) is 11.8 Å². The minimum Gasteiger partial charge on any atom is -0.334 e. The fraction of sp³-hybridized carbons (Fsp3) is 0.286. The molecule has 1 amide bonds. The highest BCUT2D eigenvalue weighted by molar-refractivity contribution is 5.94. The number of hydrogen-bond donors (Lipinski definition) is 1. The summed E-state index contributed by atoms with van der Waals surface area (Å²) >= 11 is 0. The second-order valence-corrected chi connectivity index (χ2v) is 5.10. The second-order valence-electron chi connectivity index (χ2n) is 5.10. The van der Waals surface area contributed by atoms with E-state index >= 15 is 0 Å². The molecule has 0 radical (unpaired) electrons. The van der Waals surface area contributed by atoms with Crippen molar-refractivity contribution < 1.29 is 4.79 Å². The van der Waals surface area contributed by atoms with Gasteiger partial charge < -0.3 is 9.88 Å². The molecule has 3 aromatic rings. The Balaban J connectivity index is 1.82. The average Bonchev–Trinajstić information content (AvgIpc) is 3.13. The summed E-state index contributed by atoms with van der Waals surface area (Å²) in [6, 6.07) is 3.54. The van der Waals surface area contributed by atoms with Crippen LogP contribution in [0.3, 0.4) is 0 Å². The van der Waals surface area contributed by atoms with Crippen LogP contribution in [0.15, 0.2) is 37.1 Å². The summed E-state index contributed by atoms with van der Waals surface area (Å²) in [6.07, 6.45) is 6.89. The Bertz CT molecular complexity index is 759. The normalized spacial score (nSPS) is 11.2. The fourth-order valence-corrected chi connectivity index (χ4v) is 2.08. The molecule has 0 bridgehead atoms. The zero-order chi connectivity index (χ0) is 14.8. The average molecular weight is 284 g/mol. The number of aromatic nitrogens is 5. The minimum absolute atomic E-state index is 0.144. The Labute approximate surface area is 121 Å².